The Balaban J connectivity index is 0.00000220. The predicted octanol–water partition coefficient (Wildman–Crippen LogP) is 0.978. The molecule has 1 aliphatic heterocycles. The molecular formula is C33H40I2N4S. The smallest absolute Gasteiger partial charge is 0.282 e. The number of pyridine rings is 1. The first-order valence-electron chi connectivity index (χ1n) is 13.7. The number of hydrogen-bond donors (Lipinski definition) is 0. The van der Waals surface area contributed by atoms with Crippen molar-refractivity contribution >= 4 is 40.2 Å². The second-order valence-electron chi connectivity index (χ2n) is 11.1. The Bertz CT molecular complexity index is 1450. The normalized spacial score (nSPS) is 13.6. The molecule has 4 aromatic rings. The molecule has 0 unspecified atom stereocenters. The Labute approximate surface area is 278 Å². The Morgan fingerprint density at radius 2 is 1.55 bits per heavy atom. The summed E-state index contributed by atoms with van der Waals surface area (Å²) in [5.41, 5.74) is 4.97. The monoisotopic (exact) mass is 778 g/mol. The van der Waals surface area contributed by atoms with Crippen molar-refractivity contribution < 1.29 is 57.0 Å². The number of nitrogens with zero attached hydrogens (tertiary/aromatic N) is 4. The van der Waals surface area contributed by atoms with E-state index in [0.717, 1.165) is 37.0 Å². The van der Waals surface area contributed by atoms with E-state index in [1.807, 2.05) is 11.8 Å². The summed E-state index contributed by atoms with van der Waals surface area (Å²) in [6, 6.07) is 30.8. The van der Waals surface area contributed by atoms with Gasteiger partial charge in [0, 0.05) is 29.8 Å². The highest BCUT2D eigenvalue weighted by molar-refractivity contribution is 8.03. The van der Waals surface area contributed by atoms with Crippen LogP contribution in [-0.4, -0.2) is 52.3 Å². The van der Waals surface area contributed by atoms with E-state index in [1.165, 1.54) is 43.6 Å². The highest BCUT2D eigenvalue weighted by Gasteiger charge is 2.27. The van der Waals surface area contributed by atoms with E-state index >= 15 is 0 Å². The maximum Gasteiger partial charge on any atom is 0.282 e. The number of rotatable bonds is 9. The van der Waals surface area contributed by atoms with Gasteiger partial charge in [-0.1, -0.05) is 67.2 Å². The molecular weight excluding hydrogens is 738 g/mol. The van der Waals surface area contributed by atoms with Crippen LogP contribution < -0.4 is 62.3 Å². The summed E-state index contributed by atoms with van der Waals surface area (Å²) in [7, 11) is 9.02. The number of quaternary nitrogens is 1. The zero-order valence-electron chi connectivity index (χ0n) is 24.1. The lowest BCUT2D eigenvalue weighted by Gasteiger charge is -2.26. The van der Waals surface area contributed by atoms with Crippen molar-refractivity contribution in [1.29, 1.82) is 0 Å². The molecule has 0 aliphatic carbocycles. The van der Waals surface area contributed by atoms with Gasteiger partial charge in [-0.25, -0.2) is 0 Å². The maximum absolute atomic E-state index is 2.59. The van der Waals surface area contributed by atoms with E-state index in [-0.39, 0.29) is 48.0 Å². The summed E-state index contributed by atoms with van der Waals surface area (Å²) in [5, 5.41) is 2.52. The minimum atomic E-state index is 0. The SMILES string of the molecule is CCCN(CCC[N+](C)(C)C)c1cc(C=C2Sc3ccccc3N2C)c2ccccc2[n+]1-c1ccccc1.[I-].[I-]. The van der Waals surface area contributed by atoms with Crippen molar-refractivity contribution in [2.75, 3.05) is 57.6 Å². The molecule has 0 radical (unpaired) electrons. The molecule has 2 heterocycles. The van der Waals surface area contributed by atoms with Crippen LogP contribution in [0.25, 0.3) is 22.7 Å². The number of fused-ring (bicyclic) bond motifs is 2. The second kappa shape index (κ2) is 14.4. The van der Waals surface area contributed by atoms with E-state index in [2.05, 4.69) is 140 Å². The van der Waals surface area contributed by atoms with Crippen molar-refractivity contribution in [3.8, 4) is 5.69 Å². The lowest BCUT2D eigenvalue weighted by molar-refractivity contribution is -0.870. The Morgan fingerprint density at radius 3 is 2.25 bits per heavy atom. The summed E-state index contributed by atoms with van der Waals surface area (Å²) in [6.07, 6.45) is 4.63. The fourth-order valence-electron chi connectivity index (χ4n) is 5.24. The maximum atomic E-state index is 2.59. The molecule has 7 heteroatoms. The predicted molar refractivity (Wildman–Crippen MR) is 164 cm³/mol. The Morgan fingerprint density at radius 1 is 0.875 bits per heavy atom. The van der Waals surface area contributed by atoms with Gasteiger partial charge in [0.15, 0.2) is 0 Å². The molecule has 0 saturated carbocycles. The van der Waals surface area contributed by atoms with Crippen molar-refractivity contribution in [2.24, 2.45) is 0 Å². The highest BCUT2D eigenvalue weighted by atomic mass is 127. The number of aromatic nitrogens is 1. The van der Waals surface area contributed by atoms with Gasteiger partial charge in [0.25, 0.3) is 5.82 Å². The van der Waals surface area contributed by atoms with Crippen LogP contribution >= 0.6 is 11.8 Å². The molecule has 3 aromatic carbocycles. The summed E-state index contributed by atoms with van der Waals surface area (Å²) in [4.78, 5) is 6.23. The van der Waals surface area contributed by atoms with Crippen molar-refractivity contribution in [1.82, 2.24) is 0 Å². The minimum Gasteiger partial charge on any atom is -1.00 e. The number of halogens is 2. The zero-order valence-corrected chi connectivity index (χ0v) is 29.3. The average Bonchev–Trinajstić information content (AvgIpc) is 3.23. The summed E-state index contributed by atoms with van der Waals surface area (Å²) < 4.78 is 3.44. The van der Waals surface area contributed by atoms with E-state index in [0.29, 0.717) is 0 Å². The third kappa shape index (κ3) is 7.33. The Kier molecular flexibility index (Phi) is 11.8. The van der Waals surface area contributed by atoms with Gasteiger partial charge in [-0.05, 0) is 48.4 Å². The van der Waals surface area contributed by atoms with Gasteiger partial charge < -0.3 is 57.3 Å². The van der Waals surface area contributed by atoms with Crippen LogP contribution in [0.2, 0.25) is 0 Å². The fourth-order valence-corrected chi connectivity index (χ4v) is 6.35. The third-order valence-corrected chi connectivity index (χ3v) is 8.28. The summed E-state index contributed by atoms with van der Waals surface area (Å²) >= 11 is 1.85. The minimum absolute atomic E-state index is 0. The molecule has 0 fully saturated rings. The molecule has 212 valence electrons. The zero-order chi connectivity index (χ0) is 26.7. The topological polar surface area (TPSA) is 10.4 Å². The standard InChI is InChI=1S/C33H40N4S.2HI/c1-6-21-35(22-14-23-37(3,4)5)32-24-26(25-33-34(2)30-19-12-13-20-31(30)38-33)28-17-10-11-18-29(28)36(32)27-15-8-7-9-16-27;;/h7-13,15-20,24-25H,6,14,21-23H2,1-5H3;2*1H/q+2;;/p-2. The molecule has 1 aromatic heterocycles. The van der Waals surface area contributed by atoms with E-state index in [4.69, 9.17) is 0 Å². The quantitative estimate of drug-likeness (QED) is 0.143. The third-order valence-electron chi connectivity index (χ3n) is 7.11. The number of para-hydroxylation sites is 3. The first kappa shape index (κ1) is 32.7. The van der Waals surface area contributed by atoms with Gasteiger partial charge in [-0.3, -0.25) is 4.90 Å². The van der Waals surface area contributed by atoms with E-state index < -0.39 is 0 Å². The van der Waals surface area contributed by atoms with Crippen LogP contribution in [0.4, 0.5) is 11.5 Å². The van der Waals surface area contributed by atoms with E-state index in [9.17, 15) is 0 Å². The van der Waals surface area contributed by atoms with E-state index in [1.54, 1.807) is 0 Å². The van der Waals surface area contributed by atoms with Crippen LogP contribution in [0.3, 0.4) is 0 Å². The number of thioether (sulfide) groups is 1. The fraction of sp³-hybridized carbons (Fsp3) is 0.303. The van der Waals surface area contributed by atoms with Gasteiger partial charge in [0.2, 0.25) is 0 Å². The van der Waals surface area contributed by atoms with Gasteiger partial charge in [0.1, 0.15) is 11.2 Å². The molecule has 4 nitrogen and oxygen atoms in total. The molecule has 0 saturated heterocycles. The average molecular weight is 779 g/mol. The number of anilines is 2. The number of hydrogen-bond acceptors (Lipinski definition) is 3. The first-order chi connectivity index (χ1) is 18.4. The van der Waals surface area contributed by atoms with Gasteiger partial charge in [-0.2, -0.15) is 4.57 Å². The highest BCUT2D eigenvalue weighted by Crippen LogP contribution is 2.45. The lowest BCUT2D eigenvalue weighted by atomic mass is 10.1. The van der Waals surface area contributed by atoms with Crippen LogP contribution in [-0.2, 0) is 0 Å². The first-order valence-corrected chi connectivity index (χ1v) is 14.5. The molecule has 0 amide bonds. The molecule has 0 N–H and O–H groups in total. The number of benzene rings is 3. The lowest BCUT2D eigenvalue weighted by Crippen LogP contribution is -3.00. The summed E-state index contributed by atoms with van der Waals surface area (Å²) in [5.74, 6) is 1.26. The van der Waals surface area contributed by atoms with Crippen LogP contribution in [0.15, 0.2) is 94.9 Å². The molecule has 40 heavy (non-hydrogen) atoms. The van der Waals surface area contributed by atoms with Crippen molar-refractivity contribution in [3.63, 3.8) is 0 Å². The summed E-state index contributed by atoms with van der Waals surface area (Å²) in [6.45, 7) is 5.49. The Hall–Kier alpha value is -1.82. The van der Waals surface area contributed by atoms with Crippen LogP contribution in [0, 0.1) is 0 Å². The molecule has 5 rings (SSSR count). The molecule has 0 bridgehead atoms. The van der Waals surface area contributed by atoms with Crippen LogP contribution in [0.1, 0.15) is 25.3 Å². The second-order valence-corrected chi connectivity index (χ2v) is 12.2. The largest absolute Gasteiger partial charge is 1.00 e. The molecule has 1 aliphatic rings. The van der Waals surface area contributed by atoms with Crippen molar-refractivity contribution in [2.45, 2.75) is 24.7 Å². The van der Waals surface area contributed by atoms with Crippen LogP contribution in [0.5, 0.6) is 0 Å². The van der Waals surface area contributed by atoms with Gasteiger partial charge >= 0.3 is 0 Å². The van der Waals surface area contributed by atoms with Gasteiger partial charge in [-0.15, -0.1) is 0 Å². The molecule has 0 spiro atoms. The van der Waals surface area contributed by atoms with Gasteiger partial charge in [0.05, 0.1) is 51.5 Å². The molecule has 0 atom stereocenters. The van der Waals surface area contributed by atoms with Crippen molar-refractivity contribution in [3.05, 3.63) is 95.5 Å².